The summed E-state index contributed by atoms with van der Waals surface area (Å²) in [5, 5.41) is 8.02. The topological polar surface area (TPSA) is 214 Å². The van der Waals surface area contributed by atoms with E-state index < -0.39 is 15.6 Å². The van der Waals surface area contributed by atoms with E-state index in [1.165, 1.54) is 0 Å². The third-order valence-corrected chi connectivity index (χ3v) is 22.3. The SMILES string of the molecule is C1=C/COCCOCCOc2ccc(cc2)-c2ccc3ccc4ccc(nc4c3n2)-c2cccc(c2)-c2ccc3ccc4ccc(nc4c3n2)-c2ccc(cc2)OCCOCCOC/C=C/COCCOCCOc2ccc(cc2)-c2ccc3ccc4ccc(nc4c3n2)-c2cccc(c2)-c2ccc3ccc4ccc(nc4c3n2)-c2ccc(cc2)OCCOCCOC/1.F[P-](F)(F)(F)(F)F.F[P-](F)(F)(F)(F)F.[Cu+].[Cu+]. The molecule has 28 bridgehead atoms. The van der Waals surface area contributed by atoms with Gasteiger partial charge < -0.3 is 56.8 Å². The average molecular weight is 2110 g/mol. The van der Waals surface area contributed by atoms with Crippen molar-refractivity contribution in [2.24, 2.45) is 0 Å². The number of rotatable bonds is 0. The number of hydrogen-bond acceptors (Lipinski definition) is 20. The zero-order valence-electron chi connectivity index (χ0n) is 76.7. The Balaban J connectivity index is 0.000000910. The monoisotopic (exact) mass is 2110 g/mol. The molecular weight excluding hydrogens is 2020 g/mol. The van der Waals surface area contributed by atoms with Gasteiger partial charge >= 0.3 is 100 Å². The van der Waals surface area contributed by atoms with Crippen molar-refractivity contribution in [3.8, 4) is 113 Å². The van der Waals surface area contributed by atoms with Gasteiger partial charge in [-0.3, -0.25) is 0 Å². The van der Waals surface area contributed by atoms with Gasteiger partial charge in [-0.1, -0.05) is 158 Å². The van der Waals surface area contributed by atoms with Crippen molar-refractivity contribution in [3.05, 3.63) is 315 Å². The Kier molecular flexibility index (Phi) is 33.5. The van der Waals surface area contributed by atoms with Crippen LogP contribution in [0.2, 0.25) is 0 Å². The van der Waals surface area contributed by atoms with Gasteiger partial charge in [-0.2, -0.15) is 0 Å². The van der Waals surface area contributed by atoms with Gasteiger partial charge in [-0.25, -0.2) is 39.9 Å². The number of aromatic nitrogens is 8. The molecule has 18 aromatic rings. The Hall–Kier alpha value is -13.1. The maximum Gasteiger partial charge on any atom is 1.00 e. The molecular formula is C108H92Cu2F12N8O12P2. The van der Waals surface area contributed by atoms with Crippen LogP contribution in [-0.4, -0.2) is 172 Å². The van der Waals surface area contributed by atoms with Crippen molar-refractivity contribution >= 4 is 103 Å². The van der Waals surface area contributed by atoms with Crippen LogP contribution >= 0.6 is 15.6 Å². The summed E-state index contributed by atoms with van der Waals surface area (Å²) < 4.78 is 189. The molecule has 15 heterocycles. The normalized spacial score (nSPS) is 15.9. The molecule has 752 valence electrons. The van der Waals surface area contributed by atoms with Crippen LogP contribution in [0.15, 0.2) is 315 Å². The number of ether oxygens (including phenoxy) is 12. The smallest absolute Gasteiger partial charge is 1.00 e. The largest absolute Gasteiger partial charge is 1.00 e. The summed E-state index contributed by atoms with van der Waals surface area (Å²) >= 11 is 0. The molecule has 144 heavy (non-hydrogen) atoms. The van der Waals surface area contributed by atoms with Gasteiger partial charge in [0.05, 0.1) is 195 Å². The first-order valence-corrected chi connectivity index (χ1v) is 49.4. The number of nitrogens with zero attached hydrogens (tertiary/aromatic N) is 8. The Morgan fingerprint density at radius 2 is 0.312 bits per heavy atom. The zero-order chi connectivity index (χ0) is 98.7. The maximum atomic E-state index is 9.87. The van der Waals surface area contributed by atoms with E-state index >= 15 is 0 Å². The molecule has 0 amide bonds. The summed E-state index contributed by atoms with van der Waals surface area (Å²) in [4.78, 5) is 42.1. The first-order chi connectivity index (χ1) is 68.3. The fraction of sp³-hybridized carbons (Fsp3) is 0.185. The maximum absolute atomic E-state index is 10.7. The van der Waals surface area contributed by atoms with Gasteiger partial charge in [0.2, 0.25) is 0 Å². The summed E-state index contributed by atoms with van der Waals surface area (Å²) in [7, 11) is -21.3. The molecule has 36 heteroatoms. The summed E-state index contributed by atoms with van der Waals surface area (Å²) in [5.74, 6) is 2.97. The molecule has 0 fully saturated rings. The molecule has 10 aromatic carbocycles. The molecule has 0 spiro atoms. The Morgan fingerprint density at radius 1 is 0.167 bits per heavy atom. The molecule has 25 rings (SSSR count). The summed E-state index contributed by atoms with van der Waals surface area (Å²) in [6.07, 6.45) is 7.77. The van der Waals surface area contributed by atoms with Gasteiger partial charge in [0, 0.05) is 87.6 Å². The molecule has 7 aliphatic heterocycles. The van der Waals surface area contributed by atoms with Crippen LogP contribution in [0, 0.1) is 0 Å². The van der Waals surface area contributed by atoms with Crippen molar-refractivity contribution in [3.63, 3.8) is 0 Å². The predicted molar refractivity (Wildman–Crippen MR) is 533 cm³/mol. The number of halogens is 12. The molecule has 0 saturated heterocycles. The van der Waals surface area contributed by atoms with E-state index in [9.17, 15) is 50.4 Å². The summed E-state index contributed by atoms with van der Waals surface area (Å²) in [6.45, 7) is 8.73. The van der Waals surface area contributed by atoms with Crippen molar-refractivity contribution in [1.29, 1.82) is 0 Å². The Bertz CT molecular complexity index is 6730. The van der Waals surface area contributed by atoms with Gasteiger partial charge in [-0.05, 0) is 158 Å². The molecule has 7 aliphatic rings. The minimum atomic E-state index is -10.7. The minimum Gasteiger partial charge on any atom is 1.00 e. The molecule has 0 unspecified atom stereocenters. The standard InChI is InChI=1S/C108H92N8O12.2Cu.2F6P/c1-2-52-118-56-60-122-64-68-126-90-37-21-74(22-38-90)94-44-28-78-12-16-82-32-48-98(114-106(82)102(78)110-94)86-8-6-10-88(72-86)100-50-34-84-18-14-80-30-46-96(112-104(80)108(84)116-100)76-25-41-92(42-26-76)128-70-66-124-62-58-120-54-4-3-53-119-57-61-123-65-69-127-91-39-23-75(24-40-91)95-45-29-79-13-17-83-33-49-99(115-107(83)103(79)111-95)87-9-5-7-85(71-87)97-47-31-81-15-11-77-27-43-93(109-101(77)105(81)113-97)73-19-35-89(36-20-73)125-67-63-121-59-55-117-51-1;;;2*1-7(2,3,4,5)6/h1-50,71-72H,51-70H2;;;;/q;2*+1;2*-1/b2-1+,4-3+;;;;. The molecule has 0 atom stereocenters. The van der Waals surface area contributed by atoms with E-state index in [0.717, 1.165) is 200 Å². The van der Waals surface area contributed by atoms with Crippen LogP contribution in [0.4, 0.5) is 50.4 Å². The van der Waals surface area contributed by atoms with Crippen molar-refractivity contribution in [2.45, 2.75) is 0 Å². The number of pyridine rings is 8. The first kappa shape index (κ1) is 105. The van der Waals surface area contributed by atoms with E-state index in [2.05, 4.69) is 170 Å². The minimum absolute atomic E-state index is 0. The zero-order valence-corrected chi connectivity index (χ0v) is 80.3. The molecule has 20 nitrogen and oxygen atoms in total. The predicted octanol–water partition coefficient (Wildman–Crippen LogP) is 28.6. The molecule has 0 radical (unpaired) electrons. The van der Waals surface area contributed by atoms with Gasteiger partial charge in [0.15, 0.2) is 0 Å². The summed E-state index contributed by atoms with van der Waals surface area (Å²) in [5.41, 5.74) is 21.0. The second-order valence-electron chi connectivity index (χ2n) is 32.7. The second-order valence-corrected chi connectivity index (χ2v) is 36.5. The van der Waals surface area contributed by atoms with Crippen molar-refractivity contribution < 1.29 is 141 Å². The fourth-order valence-electron chi connectivity index (χ4n) is 15.6. The van der Waals surface area contributed by atoms with E-state index in [1.54, 1.807) is 0 Å². The van der Waals surface area contributed by atoms with Crippen LogP contribution in [0.5, 0.6) is 23.0 Å². The van der Waals surface area contributed by atoms with Gasteiger partial charge in [0.25, 0.3) is 0 Å². The van der Waals surface area contributed by atoms with Gasteiger partial charge in [-0.15, -0.1) is 0 Å². The number of hydrogen-bond donors (Lipinski definition) is 0. The van der Waals surface area contributed by atoms with Gasteiger partial charge in [0.1, 0.15) is 49.4 Å². The molecule has 8 aromatic heterocycles. The number of benzene rings is 10. The molecule has 0 saturated carbocycles. The quantitative estimate of drug-likeness (QED) is 0.0454. The molecule has 0 aliphatic carbocycles. The fourth-order valence-corrected chi connectivity index (χ4v) is 15.6. The van der Waals surface area contributed by atoms with Crippen LogP contribution in [0.25, 0.3) is 177 Å². The van der Waals surface area contributed by atoms with Crippen LogP contribution in [0.1, 0.15) is 0 Å². The van der Waals surface area contributed by atoms with Crippen molar-refractivity contribution in [1.82, 2.24) is 39.9 Å². The third-order valence-electron chi connectivity index (χ3n) is 22.3. The van der Waals surface area contributed by atoms with E-state index in [0.29, 0.717) is 132 Å². The van der Waals surface area contributed by atoms with Crippen LogP contribution < -0.4 is 18.9 Å². The first-order valence-electron chi connectivity index (χ1n) is 45.4. The average Bonchev–Trinajstić information content (AvgIpc) is 0.826. The van der Waals surface area contributed by atoms with E-state index in [4.69, 9.17) is 96.7 Å². The van der Waals surface area contributed by atoms with E-state index in [-0.39, 0.29) is 34.1 Å². The van der Waals surface area contributed by atoms with E-state index in [1.807, 2.05) is 146 Å². The van der Waals surface area contributed by atoms with Crippen molar-refractivity contribution in [2.75, 3.05) is 132 Å². The Morgan fingerprint density at radius 3 is 0.486 bits per heavy atom. The molecule has 0 N–H and O–H groups in total. The summed E-state index contributed by atoms with van der Waals surface area (Å²) in [6, 6.07) is 98.9. The van der Waals surface area contributed by atoms with Crippen LogP contribution in [-0.2, 0) is 72.0 Å². The third kappa shape index (κ3) is 31.0. The Labute approximate surface area is 839 Å². The second kappa shape index (κ2) is 45.9. The van der Waals surface area contributed by atoms with Crippen LogP contribution in [0.3, 0.4) is 0 Å².